The molecule has 24 heavy (non-hydrogen) atoms. The van der Waals surface area contributed by atoms with Crippen LogP contribution in [0.5, 0.6) is 0 Å². The maximum absolute atomic E-state index is 13.6. The van der Waals surface area contributed by atoms with Gasteiger partial charge in [-0.05, 0) is 29.7 Å². The summed E-state index contributed by atoms with van der Waals surface area (Å²) in [6.07, 6.45) is 0.678. The van der Waals surface area contributed by atoms with Gasteiger partial charge in [0.15, 0.2) is 5.82 Å². The van der Waals surface area contributed by atoms with Crippen LogP contribution < -0.4 is 5.32 Å². The van der Waals surface area contributed by atoms with E-state index >= 15 is 0 Å². The summed E-state index contributed by atoms with van der Waals surface area (Å²) in [6.45, 7) is 6.49. The van der Waals surface area contributed by atoms with Crippen molar-refractivity contribution in [3.05, 3.63) is 41.0 Å². The van der Waals surface area contributed by atoms with E-state index in [1.165, 1.54) is 19.1 Å². The third kappa shape index (κ3) is 3.39. The van der Waals surface area contributed by atoms with E-state index in [2.05, 4.69) is 15.5 Å². The van der Waals surface area contributed by atoms with Crippen molar-refractivity contribution in [3.8, 4) is 0 Å². The lowest BCUT2D eigenvalue weighted by Crippen LogP contribution is -2.28. The molecule has 0 aliphatic carbocycles. The number of nitrogens with one attached hydrogen (secondary N) is 1. The van der Waals surface area contributed by atoms with Gasteiger partial charge in [0.1, 0.15) is 5.82 Å². The third-order valence-electron chi connectivity index (χ3n) is 4.23. The van der Waals surface area contributed by atoms with Gasteiger partial charge in [-0.1, -0.05) is 25.1 Å². The normalized spacial score (nSPS) is 17.5. The molecule has 0 bridgehead atoms. The van der Waals surface area contributed by atoms with Crippen molar-refractivity contribution in [2.24, 2.45) is 0 Å². The van der Waals surface area contributed by atoms with E-state index in [0.29, 0.717) is 31.3 Å². The van der Waals surface area contributed by atoms with Gasteiger partial charge < -0.3 is 14.7 Å². The zero-order valence-electron chi connectivity index (χ0n) is 14.0. The molecule has 0 saturated carbocycles. The van der Waals surface area contributed by atoms with E-state index in [9.17, 15) is 9.18 Å². The second-order valence-corrected chi connectivity index (χ2v) is 6.38. The molecule has 2 heterocycles. The molecule has 0 saturated heterocycles. The minimum atomic E-state index is -0.308. The molecule has 1 aliphatic rings. The highest BCUT2D eigenvalue weighted by atomic mass is 19.1. The predicted molar refractivity (Wildman–Crippen MR) is 86.9 cm³/mol. The van der Waals surface area contributed by atoms with Crippen molar-refractivity contribution >= 4 is 11.9 Å². The standard InChI is InChI=1S/C17H21FN4O2/c1-10(2)16-20-17(24-21-16)19-15-6-7-22(11(3)23)9-12-8-13(18)4-5-14(12)15/h4-5,8,10,15H,6-7,9H2,1-3H3,(H,19,20,21). The van der Waals surface area contributed by atoms with Crippen molar-refractivity contribution in [2.75, 3.05) is 11.9 Å². The van der Waals surface area contributed by atoms with Gasteiger partial charge in [0.25, 0.3) is 0 Å². The first-order valence-electron chi connectivity index (χ1n) is 8.08. The van der Waals surface area contributed by atoms with Gasteiger partial charge in [-0.25, -0.2) is 4.39 Å². The number of halogens is 1. The lowest BCUT2D eigenvalue weighted by molar-refractivity contribution is -0.129. The summed E-state index contributed by atoms with van der Waals surface area (Å²) in [5, 5.41) is 7.18. The number of nitrogens with zero attached hydrogens (tertiary/aromatic N) is 3. The first-order valence-corrected chi connectivity index (χ1v) is 8.08. The highest BCUT2D eigenvalue weighted by Gasteiger charge is 2.25. The fourth-order valence-corrected chi connectivity index (χ4v) is 2.87. The van der Waals surface area contributed by atoms with E-state index in [4.69, 9.17) is 4.52 Å². The molecule has 1 aromatic carbocycles. The van der Waals surface area contributed by atoms with Crippen LogP contribution in [0.2, 0.25) is 0 Å². The van der Waals surface area contributed by atoms with Crippen LogP contribution in [-0.2, 0) is 11.3 Å². The fourth-order valence-electron chi connectivity index (χ4n) is 2.87. The third-order valence-corrected chi connectivity index (χ3v) is 4.23. The number of carbonyl (C=O) groups excluding carboxylic acids is 1. The number of amides is 1. The summed E-state index contributed by atoms with van der Waals surface area (Å²) in [5.74, 6) is 0.479. The smallest absolute Gasteiger partial charge is 0.321 e. The molecule has 1 amide bonds. The Morgan fingerprint density at radius 1 is 1.46 bits per heavy atom. The maximum atomic E-state index is 13.6. The lowest BCUT2D eigenvalue weighted by Gasteiger charge is -2.18. The lowest BCUT2D eigenvalue weighted by atomic mass is 9.99. The Bertz CT molecular complexity index is 744. The molecule has 0 spiro atoms. The average molecular weight is 332 g/mol. The van der Waals surface area contributed by atoms with Crippen LogP contribution >= 0.6 is 0 Å². The molecule has 3 rings (SSSR count). The second-order valence-electron chi connectivity index (χ2n) is 6.38. The Balaban J connectivity index is 1.88. The molecule has 6 nitrogen and oxygen atoms in total. The molecule has 128 valence electrons. The highest BCUT2D eigenvalue weighted by molar-refractivity contribution is 5.73. The Kier molecular flexibility index (Phi) is 4.51. The molecular formula is C17H21FN4O2. The van der Waals surface area contributed by atoms with Gasteiger partial charge in [-0.2, -0.15) is 4.98 Å². The number of benzene rings is 1. The quantitative estimate of drug-likeness (QED) is 0.934. The Labute approximate surface area is 140 Å². The monoisotopic (exact) mass is 332 g/mol. The van der Waals surface area contributed by atoms with Crippen molar-refractivity contribution in [1.29, 1.82) is 0 Å². The number of rotatable bonds is 3. The average Bonchev–Trinajstić information content (AvgIpc) is 2.91. The van der Waals surface area contributed by atoms with Crippen LogP contribution in [0, 0.1) is 5.82 Å². The zero-order chi connectivity index (χ0) is 17.3. The molecule has 1 atom stereocenters. The van der Waals surface area contributed by atoms with E-state index in [0.717, 1.165) is 11.1 Å². The SMILES string of the molecule is CC(=O)N1CCC(Nc2nc(C(C)C)no2)c2ccc(F)cc2C1. The van der Waals surface area contributed by atoms with Crippen LogP contribution in [0.4, 0.5) is 10.4 Å². The number of carbonyl (C=O) groups is 1. The van der Waals surface area contributed by atoms with E-state index in [1.807, 2.05) is 13.8 Å². The summed E-state index contributed by atoms with van der Waals surface area (Å²) in [4.78, 5) is 17.8. The van der Waals surface area contributed by atoms with Gasteiger partial charge in [0, 0.05) is 25.9 Å². The van der Waals surface area contributed by atoms with Crippen molar-refractivity contribution in [1.82, 2.24) is 15.0 Å². The van der Waals surface area contributed by atoms with Gasteiger partial charge in [-0.3, -0.25) is 4.79 Å². The van der Waals surface area contributed by atoms with Gasteiger partial charge >= 0.3 is 6.01 Å². The van der Waals surface area contributed by atoms with E-state index in [1.54, 1.807) is 11.0 Å². The molecule has 2 aromatic rings. The molecule has 1 aliphatic heterocycles. The van der Waals surface area contributed by atoms with E-state index < -0.39 is 0 Å². The molecular weight excluding hydrogens is 311 g/mol. The largest absolute Gasteiger partial charge is 0.339 e. The molecule has 1 N–H and O–H groups in total. The van der Waals surface area contributed by atoms with Crippen molar-refractivity contribution < 1.29 is 13.7 Å². The number of aromatic nitrogens is 2. The maximum Gasteiger partial charge on any atom is 0.321 e. The van der Waals surface area contributed by atoms with Crippen LogP contribution in [0.3, 0.4) is 0 Å². The second kappa shape index (κ2) is 6.59. The molecule has 1 aromatic heterocycles. The summed E-state index contributed by atoms with van der Waals surface area (Å²) < 4.78 is 18.9. The Hall–Kier alpha value is -2.44. The number of anilines is 1. The molecule has 0 fully saturated rings. The van der Waals surface area contributed by atoms with Crippen LogP contribution in [0.1, 0.15) is 56.1 Å². The zero-order valence-corrected chi connectivity index (χ0v) is 14.0. The first-order chi connectivity index (χ1) is 11.4. The summed E-state index contributed by atoms with van der Waals surface area (Å²) in [5.41, 5.74) is 1.74. The van der Waals surface area contributed by atoms with Crippen LogP contribution in [0.25, 0.3) is 0 Å². The Morgan fingerprint density at radius 2 is 2.25 bits per heavy atom. The summed E-state index contributed by atoms with van der Waals surface area (Å²) in [6, 6.07) is 4.90. The number of fused-ring (bicyclic) bond motifs is 1. The predicted octanol–water partition coefficient (Wildman–Crippen LogP) is 3.24. The topological polar surface area (TPSA) is 71.3 Å². The molecule has 7 heteroatoms. The molecule has 0 radical (unpaired) electrons. The summed E-state index contributed by atoms with van der Waals surface area (Å²) >= 11 is 0. The molecule has 1 unspecified atom stereocenters. The van der Waals surface area contributed by atoms with Gasteiger partial charge in [0.2, 0.25) is 5.91 Å². The van der Waals surface area contributed by atoms with Crippen molar-refractivity contribution in [3.63, 3.8) is 0 Å². The minimum absolute atomic E-state index is 0.0225. The first kappa shape index (κ1) is 16.4. The van der Waals surface area contributed by atoms with Gasteiger partial charge in [0.05, 0.1) is 6.04 Å². The van der Waals surface area contributed by atoms with Gasteiger partial charge in [-0.15, -0.1) is 0 Å². The summed E-state index contributed by atoms with van der Waals surface area (Å²) in [7, 11) is 0. The van der Waals surface area contributed by atoms with Crippen LogP contribution in [0.15, 0.2) is 22.7 Å². The fraction of sp³-hybridized carbons (Fsp3) is 0.471. The number of hydrogen-bond acceptors (Lipinski definition) is 5. The Morgan fingerprint density at radius 3 is 2.92 bits per heavy atom. The minimum Gasteiger partial charge on any atom is -0.339 e. The van der Waals surface area contributed by atoms with Crippen molar-refractivity contribution in [2.45, 2.75) is 45.7 Å². The van der Waals surface area contributed by atoms with Crippen LogP contribution in [-0.4, -0.2) is 27.5 Å². The number of hydrogen-bond donors (Lipinski definition) is 1. The highest BCUT2D eigenvalue weighted by Crippen LogP contribution is 2.30. The van der Waals surface area contributed by atoms with E-state index in [-0.39, 0.29) is 23.7 Å².